The zero-order valence-electron chi connectivity index (χ0n) is 11.0. The largest absolute Gasteiger partial charge is 0.497 e. The van der Waals surface area contributed by atoms with Gasteiger partial charge >= 0.3 is 0 Å². The summed E-state index contributed by atoms with van der Waals surface area (Å²) < 4.78 is 11.6. The molecule has 0 fully saturated rings. The van der Waals surface area contributed by atoms with Crippen LogP contribution in [0.2, 0.25) is 0 Å². The topological polar surface area (TPSA) is 99.6 Å². The first kappa shape index (κ1) is 15.6. The van der Waals surface area contributed by atoms with E-state index in [4.69, 9.17) is 15.3 Å². The number of hydrazone groups is 1. The number of nitrogens with one attached hydrogen (secondary N) is 1. The maximum Gasteiger partial charge on any atom is 0.263 e. The molecule has 0 bridgehead atoms. The van der Waals surface area contributed by atoms with E-state index in [1.165, 1.54) is 11.0 Å². The van der Waals surface area contributed by atoms with E-state index in [9.17, 15) is 0 Å². The van der Waals surface area contributed by atoms with Gasteiger partial charge < -0.3 is 15.3 Å². The summed E-state index contributed by atoms with van der Waals surface area (Å²) in [6.45, 7) is 0. The lowest BCUT2D eigenvalue weighted by atomic mass is 10.2. The fraction of sp³-hybridized carbons (Fsp3) is 0.182. The molecule has 0 aliphatic rings. The summed E-state index contributed by atoms with van der Waals surface area (Å²) in [6, 6.07) is 5.41. The fourth-order valence-electron chi connectivity index (χ4n) is 1.42. The van der Waals surface area contributed by atoms with E-state index in [0.29, 0.717) is 17.4 Å². The normalized spacial score (nSPS) is 10.1. The van der Waals surface area contributed by atoms with Gasteiger partial charge in [-0.3, -0.25) is 0 Å². The van der Waals surface area contributed by atoms with E-state index in [1.54, 1.807) is 38.6 Å². The Labute approximate surface area is 122 Å². The molecule has 2 rings (SSSR count). The van der Waals surface area contributed by atoms with Gasteiger partial charge in [-0.15, -0.1) is 22.6 Å². The van der Waals surface area contributed by atoms with Crippen LogP contribution in [0.5, 0.6) is 11.5 Å². The second-order valence-corrected chi connectivity index (χ2v) is 3.54. The van der Waals surface area contributed by atoms with Crippen molar-refractivity contribution >= 4 is 24.6 Å². The summed E-state index contributed by atoms with van der Waals surface area (Å²) >= 11 is 0. The monoisotopic (exact) mass is 298 g/mol. The summed E-state index contributed by atoms with van der Waals surface area (Å²) in [4.78, 5) is 0. The molecule has 0 amide bonds. The van der Waals surface area contributed by atoms with Crippen molar-refractivity contribution in [3.05, 3.63) is 30.1 Å². The fourth-order valence-corrected chi connectivity index (χ4v) is 1.42. The Balaban J connectivity index is 0.00000200. The molecule has 1 heterocycles. The number of benzene rings is 1. The third-order valence-corrected chi connectivity index (χ3v) is 2.38. The minimum atomic E-state index is 0. The van der Waals surface area contributed by atoms with Crippen LogP contribution in [0.25, 0.3) is 0 Å². The minimum Gasteiger partial charge on any atom is -0.497 e. The molecular weight excluding hydrogens is 284 g/mol. The van der Waals surface area contributed by atoms with Crippen LogP contribution in [0.3, 0.4) is 0 Å². The number of halogens is 1. The van der Waals surface area contributed by atoms with Crippen molar-refractivity contribution < 1.29 is 9.47 Å². The first-order valence-electron chi connectivity index (χ1n) is 5.41. The Morgan fingerprint density at radius 2 is 2.15 bits per heavy atom. The second kappa shape index (κ2) is 7.19. The van der Waals surface area contributed by atoms with E-state index in [1.807, 2.05) is 0 Å². The van der Waals surface area contributed by atoms with Gasteiger partial charge in [-0.05, 0) is 18.2 Å². The molecule has 0 spiro atoms. The molecule has 3 N–H and O–H groups in total. The number of nitrogen functional groups attached to an aromatic ring is 1. The highest BCUT2D eigenvalue weighted by Crippen LogP contribution is 2.22. The van der Waals surface area contributed by atoms with Crippen molar-refractivity contribution in [1.29, 1.82) is 0 Å². The highest BCUT2D eigenvalue weighted by molar-refractivity contribution is 5.85. The lowest BCUT2D eigenvalue weighted by molar-refractivity contribution is 0.402. The molecule has 0 saturated carbocycles. The van der Waals surface area contributed by atoms with Crippen molar-refractivity contribution in [3.63, 3.8) is 0 Å². The molecule has 1 aromatic carbocycles. The molecule has 20 heavy (non-hydrogen) atoms. The van der Waals surface area contributed by atoms with Gasteiger partial charge in [0.2, 0.25) is 0 Å². The zero-order valence-corrected chi connectivity index (χ0v) is 11.8. The van der Waals surface area contributed by atoms with E-state index in [2.05, 4.69) is 20.7 Å². The lowest BCUT2D eigenvalue weighted by Gasteiger charge is -2.06. The highest BCUT2D eigenvalue weighted by Gasteiger charge is 2.03. The van der Waals surface area contributed by atoms with Crippen LogP contribution in [-0.4, -0.2) is 35.3 Å². The maximum atomic E-state index is 5.53. The summed E-state index contributed by atoms with van der Waals surface area (Å²) in [5, 5.41) is 11.4. The Morgan fingerprint density at radius 1 is 1.35 bits per heavy atom. The van der Waals surface area contributed by atoms with Crippen molar-refractivity contribution in [2.24, 2.45) is 5.10 Å². The van der Waals surface area contributed by atoms with Gasteiger partial charge in [0, 0.05) is 5.56 Å². The van der Waals surface area contributed by atoms with E-state index in [0.717, 1.165) is 5.56 Å². The van der Waals surface area contributed by atoms with Crippen LogP contribution in [0.4, 0.5) is 5.95 Å². The summed E-state index contributed by atoms with van der Waals surface area (Å²) in [7, 11) is 3.18. The van der Waals surface area contributed by atoms with Crippen LogP contribution < -0.4 is 20.7 Å². The van der Waals surface area contributed by atoms with E-state index < -0.39 is 0 Å². The number of hydrogen-bond donors (Lipinski definition) is 2. The number of nitrogens with zero attached hydrogens (tertiary/aromatic N) is 4. The molecule has 0 atom stereocenters. The van der Waals surface area contributed by atoms with Gasteiger partial charge in [-0.1, -0.05) is 0 Å². The standard InChI is InChI=1S/C11H14N6O2.ClH/c1-18-9-3-4-10(19-2)8(5-9)6-13-15-11-16-14-7-17(11)12;/h3-7H,12H2,1-2H3,(H,15,16);1H/b13-6-;. The number of nitrogens with two attached hydrogens (primary N) is 1. The summed E-state index contributed by atoms with van der Waals surface area (Å²) in [5.41, 5.74) is 3.43. The lowest BCUT2D eigenvalue weighted by Crippen LogP contribution is -2.10. The SMILES string of the molecule is COc1ccc(OC)c(/C=N\Nc2nncn2N)c1.Cl. The van der Waals surface area contributed by atoms with Crippen molar-refractivity contribution in [2.45, 2.75) is 0 Å². The minimum absolute atomic E-state index is 0. The Morgan fingerprint density at radius 3 is 2.75 bits per heavy atom. The number of hydrogen-bond acceptors (Lipinski definition) is 7. The Hall–Kier alpha value is -2.48. The third kappa shape index (κ3) is 3.51. The van der Waals surface area contributed by atoms with Gasteiger partial charge in [0.15, 0.2) is 0 Å². The predicted octanol–water partition coefficient (Wildman–Crippen LogP) is 0.877. The summed E-state index contributed by atoms with van der Waals surface area (Å²) in [6.07, 6.45) is 2.94. The number of methoxy groups -OCH3 is 2. The molecule has 8 nitrogen and oxygen atoms in total. The quantitative estimate of drug-likeness (QED) is 0.483. The maximum absolute atomic E-state index is 5.53. The molecule has 0 radical (unpaired) electrons. The molecule has 2 aromatic rings. The highest BCUT2D eigenvalue weighted by atomic mass is 35.5. The van der Waals surface area contributed by atoms with Gasteiger partial charge in [-0.2, -0.15) is 5.10 Å². The molecule has 0 aliphatic heterocycles. The van der Waals surface area contributed by atoms with Gasteiger partial charge in [-0.25, -0.2) is 10.1 Å². The molecule has 9 heteroatoms. The van der Waals surface area contributed by atoms with Crippen molar-refractivity contribution in [1.82, 2.24) is 14.9 Å². The number of anilines is 1. The van der Waals surface area contributed by atoms with Gasteiger partial charge in [0.25, 0.3) is 5.95 Å². The first-order chi connectivity index (χ1) is 9.24. The zero-order chi connectivity index (χ0) is 13.7. The molecule has 0 saturated heterocycles. The predicted molar refractivity (Wildman–Crippen MR) is 78.2 cm³/mol. The van der Waals surface area contributed by atoms with Crippen LogP contribution in [-0.2, 0) is 0 Å². The first-order valence-corrected chi connectivity index (χ1v) is 5.41. The number of rotatable bonds is 5. The number of aromatic nitrogens is 3. The Bertz CT molecular complexity index is 586. The molecular formula is C11H15ClN6O2. The Kier molecular flexibility index (Phi) is 5.60. The van der Waals surface area contributed by atoms with Crippen molar-refractivity contribution in [2.75, 3.05) is 25.5 Å². The van der Waals surface area contributed by atoms with Crippen LogP contribution in [0.15, 0.2) is 29.6 Å². The van der Waals surface area contributed by atoms with E-state index in [-0.39, 0.29) is 12.4 Å². The van der Waals surface area contributed by atoms with Gasteiger partial charge in [0.1, 0.15) is 17.8 Å². The summed E-state index contributed by atoms with van der Waals surface area (Å²) in [5.74, 6) is 7.26. The average molecular weight is 299 g/mol. The molecule has 0 aliphatic carbocycles. The van der Waals surface area contributed by atoms with Crippen LogP contribution in [0.1, 0.15) is 5.56 Å². The van der Waals surface area contributed by atoms with E-state index >= 15 is 0 Å². The van der Waals surface area contributed by atoms with Crippen LogP contribution >= 0.6 is 12.4 Å². The van der Waals surface area contributed by atoms with Crippen molar-refractivity contribution in [3.8, 4) is 11.5 Å². The average Bonchev–Trinajstić information content (AvgIpc) is 2.84. The molecule has 108 valence electrons. The smallest absolute Gasteiger partial charge is 0.263 e. The molecule has 1 aromatic heterocycles. The van der Waals surface area contributed by atoms with Crippen LogP contribution in [0, 0.1) is 0 Å². The third-order valence-electron chi connectivity index (χ3n) is 2.38. The second-order valence-electron chi connectivity index (χ2n) is 3.54. The molecule has 0 unspecified atom stereocenters. The van der Waals surface area contributed by atoms with Gasteiger partial charge in [0.05, 0.1) is 20.4 Å². The number of ether oxygens (including phenoxy) is 2.